The van der Waals surface area contributed by atoms with Crippen LogP contribution in [0.4, 0.5) is 14.6 Å². The average Bonchev–Trinajstić information content (AvgIpc) is 4.03. The van der Waals surface area contributed by atoms with Crippen LogP contribution < -0.4 is 25.0 Å². The molecule has 4 aromatic rings. The molecule has 1 aliphatic carbocycles. The molecule has 6 aliphatic rings. The minimum atomic E-state index is -0.721. The summed E-state index contributed by atoms with van der Waals surface area (Å²) in [5.41, 5.74) is 0.375. The van der Waals surface area contributed by atoms with Crippen molar-refractivity contribution in [3.05, 3.63) is 39.7 Å². The molecule has 0 spiro atoms. The predicted octanol–water partition coefficient (Wildman–Crippen LogP) is 6.16. The molecule has 10 nitrogen and oxygen atoms in total. The van der Waals surface area contributed by atoms with Crippen LogP contribution in [0.2, 0.25) is 5.02 Å². The summed E-state index contributed by atoms with van der Waals surface area (Å²) in [6, 6.07) is 4.82. The van der Waals surface area contributed by atoms with Crippen LogP contribution in [0.1, 0.15) is 57.4 Å². The summed E-state index contributed by atoms with van der Waals surface area (Å²) in [4.78, 5) is 27.4. The number of amides is 1. The van der Waals surface area contributed by atoms with Crippen LogP contribution in [0.3, 0.4) is 0 Å². The first-order valence-corrected chi connectivity index (χ1v) is 19.7. The lowest BCUT2D eigenvalue weighted by Crippen LogP contribution is -2.52. The number of rotatable bonds is 7. The third kappa shape index (κ3) is 5.16. The van der Waals surface area contributed by atoms with Crippen molar-refractivity contribution in [1.29, 1.82) is 5.26 Å². The molecule has 270 valence electrons. The molecule has 2 aromatic heterocycles. The Kier molecular flexibility index (Phi) is 7.63. The summed E-state index contributed by atoms with van der Waals surface area (Å²) in [5, 5.41) is 18.7. The van der Waals surface area contributed by atoms with Crippen molar-refractivity contribution in [2.75, 3.05) is 37.7 Å². The molecule has 5 fully saturated rings. The third-order valence-electron chi connectivity index (χ3n) is 12.3. The van der Waals surface area contributed by atoms with E-state index in [1.807, 2.05) is 0 Å². The Morgan fingerprint density at radius 3 is 2.94 bits per heavy atom. The number of anilines is 1. The van der Waals surface area contributed by atoms with Crippen molar-refractivity contribution in [1.82, 2.24) is 25.5 Å². The van der Waals surface area contributed by atoms with Crippen molar-refractivity contribution in [3.63, 3.8) is 0 Å². The average molecular weight is 746 g/mol. The fourth-order valence-electron chi connectivity index (χ4n) is 9.65. The molecule has 0 bridgehead atoms. The molecule has 0 radical (unpaired) electrons. The van der Waals surface area contributed by atoms with E-state index < -0.39 is 11.6 Å². The molecule has 2 N–H and O–H groups in total. The molecule has 52 heavy (non-hydrogen) atoms. The monoisotopic (exact) mass is 745 g/mol. The van der Waals surface area contributed by atoms with Crippen molar-refractivity contribution < 1.29 is 23.0 Å². The molecule has 1 saturated carbocycles. The summed E-state index contributed by atoms with van der Waals surface area (Å²) < 4.78 is 45.5. The predicted molar refractivity (Wildman–Crippen MR) is 194 cm³/mol. The number of nitrogens with zero attached hydrogens (tertiary/aromatic N) is 5. The van der Waals surface area contributed by atoms with E-state index in [-0.39, 0.29) is 79.9 Å². The van der Waals surface area contributed by atoms with Crippen LogP contribution >= 0.6 is 22.9 Å². The molecule has 2 aromatic carbocycles. The van der Waals surface area contributed by atoms with Gasteiger partial charge in [-0.05, 0) is 75.0 Å². The molecule has 1 amide bonds. The lowest BCUT2D eigenvalue weighted by Gasteiger charge is -2.39. The van der Waals surface area contributed by atoms with Crippen LogP contribution in [0.25, 0.3) is 32.1 Å². The summed E-state index contributed by atoms with van der Waals surface area (Å²) in [7, 11) is 0. The van der Waals surface area contributed by atoms with Gasteiger partial charge in [-0.3, -0.25) is 15.0 Å². The molecule has 4 saturated heterocycles. The Bertz CT molecular complexity index is 2210. The zero-order valence-corrected chi connectivity index (χ0v) is 30.3. The lowest BCUT2D eigenvalue weighted by molar-refractivity contribution is -0.121. The molecular formula is C38H38ClF2N7O3S. The SMILES string of the molecule is C[C@H]1CN2CCC[C@@]2(COc2nc3c4c(c(Cl)c(-c5ccc(F)c6scc(C#N)c56)c(F)c4n2)OCC2CC(NC(=O)[C@@H]4N[C@H]4C4CC4)CCN32)C1. The van der Waals surface area contributed by atoms with Crippen LogP contribution in [0.5, 0.6) is 11.8 Å². The standard InChI is InChI=1S/C38H38ClF2N7O3S/c1-18-12-38(8-2-9-47(38)14-18)17-51-37-45-31-27-33(28(39)26(29(31)41)23-5-6-24(40)34-25(23)20(13-42)16-52-34)50-15-22-11-21(7-10-48(22)35(27)46-37)43-36(49)32-30(44-32)19-3-4-19/h5-6,16,18-19,21-22,30,32,44H,2-4,7-12,14-15,17H2,1H3,(H,43,49)/t18-,21?,22?,30+,32-,38+/m1/s1. The number of thiophene rings is 1. The van der Waals surface area contributed by atoms with E-state index >= 15 is 4.39 Å². The second-order valence-electron chi connectivity index (χ2n) is 15.7. The number of aromatic nitrogens is 2. The highest BCUT2D eigenvalue weighted by atomic mass is 35.5. The molecule has 10 rings (SSSR count). The molecular weight excluding hydrogens is 708 g/mol. The minimum Gasteiger partial charge on any atom is -0.489 e. The van der Waals surface area contributed by atoms with Crippen molar-refractivity contribution in [2.24, 2.45) is 11.8 Å². The fourth-order valence-corrected chi connectivity index (χ4v) is 10.9. The Morgan fingerprint density at radius 2 is 2.12 bits per heavy atom. The second-order valence-corrected chi connectivity index (χ2v) is 17.0. The third-order valence-corrected chi connectivity index (χ3v) is 13.6. The quantitative estimate of drug-likeness (QED) is 0.214. The highest BCUT2D eigenvalue weighted by molar-refractivity contribution is 7.17. The topological polar surface area (TPSA) is 126 Å². The summed E-state index contributed by atoms with van der Waals surface area (Å²) >= 11 is 8.23. The van der Waals surface area contributed by atoms with Gasteiger partial charge >= 0.3 is 6.01 Å². The molecule has 14 heteroatoms. The van der Waals surface area contributed by atoms with Gasteiger partial charge in [-0.25, -0.2) is 8.78 Å². The number of carbonyl (C=O) groups excluding carboxylic acids is 1. The van der Waals surface area contributed by atoms with Gasteiger partial charge in [-0.1, -0.05) is 24.6 Å². The van der Waals surface area contributed by atoms with E-state index in [1.54, 1.807) is 5.38 Å². The lowest BCUT2D eigenvalue weighted by atomic mass is 9.92. The number of hydrogen-bond acceptors (Lipinski definition) is 10. The molecule has 6 atom stereocenters. The summed E-state index contributed by atoms with van der Waals surface area (Å²) in [6.45, 7) is 5.46. The Hall–Kier alpha value is -3.83. The maximum atomic E-state index is 17.3. The largest absolute Gasteiger partial charge is 0.489 e. The zero-order chi connectivity index (χ0) is 35.5. The number of fused-ring (bicyclic) bond motifs is 4. The first-order chi connectivity index (χ1) is 25.2. The number of halogens is 3. The smallest absolute Gasteiger partial charge is 0.319 e. The van der Waals surface area contributed by atoms with E-state index in [0.29, 0.717) is 60.5 Å². The van der Waals surface area contributed by atoms with Gasteiger partial charge in [0.05, 0.1) is 32.3 Å². The Labute approximate surface area is 308 Å². The van der Waals surface area contributed by atoms with Gasteiger partial charge < -0.3 is 19.7 Å². The van der Waals surface area contributed by atoms with Crippen LogP contribution in [0.15, 0.2) is 17.5 Å². The first-order valence-electron chi connectivity index (χ1n) is 18.4. The van der Waals surface area contributed by atoms with Gasteiger partial charge in [0, 0.05) is 41.5 Å². The van der Waals surface area contributed by atoms with Gasteiger partial charge in [0.1, 0.15) is 42.5 Å². The Balaban J connectivity index is 1.06. The molecule has 2 unspecified atom stereocenters. The number of carbonyl (C=O) groups is 1. The normalized spacial score (nSPS) is 29.4. The summed E-state index contributed by atoms with van der Waals surface area (Å²) in [5.74, 6) is 0.693. The first kappa shape index (κ1) is 32.8. The van der Waals surface area contributed by atoms with Crippen molar-refractivity contribution in [3.8, 4) is 29.0 Å². The summed E-state index contributed by atoms with van der Waals surface area (Å²) in [6.07, 6.45) is 6.77. The number of piperidine rings is 1. The maximum Gasteiger partial charge on any atom is 0.319 e. The minimum absolute atomic E-state index is 0.00238. The highest BCUT2D eigenvalue weighted by Crippen LogP contribution is 2.51. The Morgan fingerprint density at radius 1 is 1.25 bits per heavy atom. The number of ether oxygens (including phenoxy) is 2. The maximum absolute atomic E-state index is 17.3. The number of hydrogen-bond donors (Lipinski definition) is 2. The van der Waals surface area contributed by atoms with Gasteiger partial charge in [0.15, 0.2) is 11.6 Å². The van der Waals surface area contributed by atoms with Crippen LogP contribution in [-0.4, -0.2) is 83.3 Å². The van der Waals surface area contributed by atoms with Crippen molar-refractivity contribution >= 4 is 55.7 Å². The van der Waals surface area contributed by atoms with E-state index in [2.05, 4.69) is 33.4 Å². The molecule has 7 heterocycles. The number of benzene rings is 2. The second kappa shape index (κ2) is 12.1. The fraction of sp³-hybridized carbons (Fsp3) is 0.526. The highest BCUT2D eigenvalue weighted by Gasteiger charge is 2.51. The van der Waals surface area contributed by atoms with E-state index in [1.165, 1.54) is 25.0 Å². The van der Waals surface area contributed by atoms with Crippen molar-refractivity contribution in [2.45, 2.75) is 81.6 Å². The number of nitriles is 1. The molecule has 5 aliphatic heterocycles. The van der Waals surface area contributed by atoms with Crippen LogP contribution in [0, 0.1) is 34.8 Å². The van der Waals surface area contributed by atoms with Gasteiger partial charge in [-0.15, -0.1) is 11.3 Å². The zero-order valence-electron chi connectivity index (χ0n) is 28.7. The van der Waals surface area contributed by atoms with Crippen LogP contribution in [-0.2, 0) is 4.79 Å². The van der Waals surface area contributed by atoms with E-state index in [0.717, 1.165) is 43.7 Å². The van der Waals surface area contributed by atoms with Gasteiger partial charge in [-0.2, -0.15) is 15.2 Å². The van der Waals surface area contributed by atoms with Gasteiger partial charge in [0.25, 0.3) is 0 Å². The van der Waals surface area contributed by atoms with E-state index in [9.17, 15) is 14.4 Å². The van der Waals surface area contributed by atoms with Gasteiger partial charge in [0.2, 0.25) is 5.91 Å². The van der Waals surface area contributed by atoms with E-state index in [4.69, 9.17) is 31.0 Å². The number of nitrogens with one attached hydrogen (secondary N) is 2.